The number of para-hydroxylation sites is 1. The lowest BCUT2D eigenvalue weighted by Gasteiger charge is -2.09. The molecule has 0 unspecified atom stereocenters. The molecule has 3 rings (SSSR count). The van der Waals surface area contributed by atoms with E-state index in [9.17, 15) is 9.59 Å². The molecule has 6 heteroatoms. The second-order valence-electron chi connectivity index (χ2n) is 6.96. The molecule has 0 aliphatic heterocycles. The van der Waals surface area contributed by atoms with Crippen molar-refractivity contribution in [2.24, 2.45) is 0 Å². The number of carbonyl (C=O) groups is 2. The number of rotatable bonds is 10. The summed E-state index contributed by atoms with van der Waals surface area (Å²) < 4.78 is 5.76. The summed E-state index contributed by atoms with van der Waals surface area (Å²) in [4.78, 5) is 25.1. The number of hydrogen-bond donors (Lipinski definition) is 2. The van der Waals surface area contributed by atoms with Gasteiger partial charge in [-0.05, 0) is 61.0 Å². The molecule has 0 heterocycles. The smallest absolute Gasteiger partial charge is 0.234 e. The van der Waals surface area contributed by atoms with Crippen molar-refractivity contribution < 1.29 is 14.3 Å². The van der Waals surface area contributed by atoms with Crippen LogP contribution in [-0.2, 0) is 9.59 Å². The first-order valence-corrected chi connectivity index (χ1v) is 11.3. The molecule has 160 valence electrons. The van der Waals surface area contributed by atoms with E-state index in [4.69, 9.17) is 4.74 Å². The molecule has 0 aliphatic rings. The lowest BCUT2D eigenvalue weighted by atomic mass is 10.2. The van der Waals surface area contributed by atoms with Crippen molar-refractivity contribution in [1.82, 2.24) is 0 Å². The van der Waals surface area contributed by atoms with Crippen molar-refractivity contribution >= 4 is 35.0 Å². The van der Waals surface area contributed by atoms with Gasteiger partial charge in [0.05, 0.1) is 5.75 Å². The van der Waals surface area contributed by atoms with Crippen molar-refractivity contribution in [2.45, 2.75) is 31.1 Å². The number of ether oxygens (including phenoxy) is 1. The molecule has 31 heavy (non-hydrogen) atoms. The lowest BCUT2D eigenvalue weighted by molar-refractivity contribution is -0.116. The van der Waals surface area contributed by atoms with Gasteiger partial charge < -0.3 is 15.4 Å². The molecule has 0 atom stereocenters. The molecule has 0 bridgehead atoms. The summed E-state index contributed by atoms with van der Waals surface area (Å²) in [6, 6.07) is 24.3. The predicted molar refractivity (Wildman–Crippen MR) is 127 cm³/mol. The van der Waals surface area contributed by atoms with Crippen LogP contribution < -0.4 is 15.4 Å². The zero-order chi connectivity index (χ0) is 21.9. The standard InChI is InChI=1S/C25H26N2O3S/c1-2-3-12-24(28)27-20-8-7-11-23(17-20)31-18-25(29)26-19-13-15-22(16-14-19)30-21-9-5-4-6-10-21/h4-11,13-17H,2-3,12,18H2,1H3,(H,26,29)(H,27,28). The van der Waals surface area contributed by atoms with Crippen LogP contribution in [0.4, 0.5) is 11.4 Å². The molecular weight excluding hydrogens is 408 g/mol. The average molecular weight is 435 g/mol. The Labute approximate surface area is 187 Å². The van der Waals surface area contributed by atoms with E-state index in [2.05, 4.69) is 17.6 Å². The Morgan fingerprint density at radius 2 is 1.52 bits per heavy atom. The van der Waals surface area contributed by atoms with E-state index in [1.165, 1.54) is 11.8 Å². The van der Waals surface area contributed by atoms with E-state index < -0.39 is 0 Å². The van der Waals surface area contributed by atoms with Crippen molar-refractivity contribution in [3.63, 3.8) is 0 Å². The van der Waals surface area contributed by atoms with E-state index in [0.717, 1.165) is 29.2 Å². The zero-order valence-electron chi connectivity index (χ0n) is 17.5. The third-order valence-corrected chi connectivity index (χ3v) is 5.36. The maximum atomic E-state index is 12.3. The van der Waals surface area contributed by atoms with Crippen molar-refractivity contribution in [2.75, 3.05) is 16.4 Å². The number of hydrogen-bond acceptors (Lipinski definition) is 4. The fourth-order valence-electron chi connectivity index (χ4n) is 2.80. The maximum Gasteiger partial charge on any atom is 0.234 e. The summed E-state index contributed by atoms with van der Waals surface area (Å²) in [6.07, 6.45) is 2.38. The van der Waals surface area contributed by atoms with Gasteiger partial charge in [-0.15, -0.1) is 11.8 Å². The predicted octanol–water partition coefficient (Wildman–Crippen LogP) is 6.34. The number of unbranched alkanes of at least 4 members (excludes halogenated alkanes) is 1. The van der Waals surface area contributed by atoms with Crippen molar-refractivity contribution in [1.29, 1.82) is 0 Å². The highest BCUT2D eigenvalue weighted by Gasteiger charge is 2.07. The van der Waals surface area contributed by atoms with Crippen LogP contribution in [0, 0.1) is 0 Å². The van der Waals surface area contributed by atoms with Crippen LogP contribution >= 0.6 is 11.8 Å². The molecule has 0 aliphatic carbocycles. The molecule has 0 aromatic heterocycles. The number of amides is 2. The van der Waals surface area contributed by atoms with Crippen LogP contribution in [0.5, 0.6) is 11.5 Å². The SMILES string of the molecule is CCCCC(=O)Nc1cccc(SCC(=O)Nc2ccc(Oc3ccccc3)cc2)c1. The minimum Gasteiger partial charge on any atom is -0.457 e. The van der Waals surface area contributed by atoms with E-state index in [0.29, 0.717) is 17.9 Å². The highest BCUT2D eigenvalue weighted by molar-refractivity contribution is 8.00. The quantitative estimate of drug-likeness (QED) is 0.366. The van der Waals surface area contributed by atoms with E-state index in [1.807, 2.05) is 78.9 Å². The molecule has 3 aromatic rings. The summed E-state index contributed by atoms with van der Waals surface area (Å²) >= 11 is 1.42. The fraction of sp³-hybridized carbons (Fsp3) is 0.200. The van der Waals surface area contributed by atoms with Gasteiger partial charge in [-0.25, -0.2) is 0 Å². The van der Waals surface area contributed by atoms with Gasteiger partial charge in [-0.2, -0.15) is 0 Å². The van der Waals surface area contributed by atoms with Crippen LogP contribution in [0.25, 0.3) is 0 Å². The minimum absolute atomic E-state index is 0.0152. The number of anilines is 2. The first kappa shape index (κ1) is 22.4. The average Bonchev–Trinajstić information content (AvgIpc) is 2.79. The van der Waals surface area contributed by atoms with Gasteiger partial charge in [0.2, 0.25) is 11.8 Å². The fourth-order valence-corrected chi connectivity index (χ4v) is 3.56. The third-order valence-electron chi connectivity index (χ3n) is 4.36. The van der Waals surface area contributed by atoms with Crippen LogP contribution in [0.3, 0.4) is 0 Å². The number of thioether (sulfide) groups is 1. The normalized spacial score (nSPS) is 10.4. The van der Waals surface area contributed by atoms with Gasteiger partial charge in [-0.3, -0.25) is 9.59 Å². The maximum absolute atomic E-state index is 12.3. The largest absolute Gasteiger partial charge is 0.457 e. The number of benzene rings is 3. The van der Waals surface area contributed by atoms with Crippen LogP contribution in [0.15, 0.2) is 83.8 Å². The Kier molecular flexibility index (Phi) is 8.55. The summed E-state index contributed by atoms with van der Waals surface area (Å²) in [7, 11) is 0. The monoisotopic (exact) mass is 434 g/mol. The van der Waals surface area contributed by atoms with Crippen LogP contribution in [0.2, 0.25) is 0 Å². The second kappa shape index (κ2) is 11.8. The molecule has 0 saturated carbocycles. The highest BCUT2D eigenvalue weighted by Crippen LogP contribution is 2.24. The van der Waals surface area contributed by atoms with Gasteiger partial charge >= 0.3 is 0 Å². The van der Waals surface area contributed by atoms with Crippen LogP contribution in [0.1, 0.15) is 26.2 Å². The van der Waals surface area contributed by atoms with E-state index >= 15 is 0 Å². The Morgan fingerprint density at radius 3 is 2.26 bits per heavy atom. The lowest BCUT2D eigenvalue weighted by Crippen LogP contribution is -2.14. The van der Waals surface area contributed by atoms with Crippen LogP contribution in [-0.4, -0.2) is 17.6 Å². The molecule has 5 nitrogen and oxygen atoms in total. The van der Waals surface area contributed by atoms with Crippen molar-refractivity contribution in [3.8, 4) is 11.5 Å². The van der Waals surface area contributed by atoms with E-state index in [-0.39, 0.29) is 17.6 Å². The van der Waals surface area contributed by atoms with Gasteiger partial charge in [0.25, 0.3) is 0 Å². The Balaban J connectivity index is 1.46. The Morgan fingerprint density at radius 1 is 0.806 bits per heavy atom. The zero-order valence-corrected chi connectivity index (χ0v) is 18.3. The number of nitrogens with one attached hydrogen (secondary N) is 2. The summed E-state index contributed by atoms with van der Waals surface area (Å²) in [5, 5.41) is 5.79. The molecule has 3 aromatic carbocycles. The highest BCUT2D eigenvalue weighted by atomic mass is 32.2. The minimum atomic E-state index is -0.0980. The number of carbonyl (C=O) groups excluding carboxylic acids is 2. The molecular formula is C25H26N2O3S. The Bertz CT molecular complexity index is 991. The van der Waals surface area contributed by atoms with Gasteiger partial charge in [0.15, 0.2) is 0 Å². The van der Waals surface area contributed by atoms with Gasteiger partial charge in [-0.1, -0.05) is 37.6 Å². The first-order chi connectivity index (χ1) is 15.1. The molecule has 0 fully saturated rings. The summed E-state index contributed by atoms with van der Waals surface area (Å²) in [6.45, 7) is 2.06. The summed E-state index contributed by atoms with van der Waals surface area (Å²) in [5.74, 6) is 1.66. The second-order valence-corrected chi connectivity index (χ2v) is 8.00. The topological polar surface area (TPSA) is 67.4 Å². The Hall–Kier alpha value is -3.25. The summed E-state index contributed by atoms with van der Waals surface area (Å²) in [5.41, 5.74) is 1.46. The third kappa shape index (κ3) is 7.83. The van der Waals surface area contributed by atoms with Crippen molar-refractivity contribution in [3.05, 3.63) is 78.9 Å². The van der Waals surface area contributed by atoms with Gasteiger partial charge in [0, 0.05) is 22.7 Å². The molecule has 0 spiro atoms. The first-order valence-electron chi connectivity index (χ1n) is 10.3. The molecule has 0 radical (unpaired) electrons. The molecule has 2 amide bonds. The van der Waals surface area contributed by atoms with E-state index in [1.54, 1.807) is 0 Å². The molecule has 0 saturated heterocycles. The van der Waals surface area contributed by atoms with Gasteiger partial charge in [0.1, 0.15) is 11.5 Å². The molecule has 2 N–H and O–H groups in total.